The summed E-state index contributed by atoms with van der Waals surface area (Å²) in [6.07, 6.45) is 0. The first-order chi connectivity index (χ1) is 15.3. The van der Waals surface area contributed by atoms with Gasteiger partial charge in [0.05, 0.1) is 9.82 Å². The van der Waals surface area contributed by atoms with Gasteiger partial charge in [-0.15, -0.1) is 0 Å². The van der Waals surface area contributed by atoms with Crippen molar-refractivity contribution in [2.75, 3.05) is 69.2 Å². The smallest absolute Gasteiger partial charge is 0.292 e. The van der Waals surface area contributed by atoms with Crippen LogP contribution in [0.3, 0.4) is 0 Å². The lowest BCUT2D eigenvalue weighted by molar-refractivity contribution is -0.384. The van der Waals surface area contributed by atoms with Crippen LogP contribution in [0.1, 0.15) is 5.56 Å². The number of hydrogen-bond donors (Lipinski definition) is 0. The maximum absolute atomic E-state index is 13.0. The van der Waals surface area contributed by atoms with Gasteiger partial charge in [0.15, 0.2) is 0 Å². The fourth-order valence-electron chi connectivity index (χ4n) is 4.21. The molecular formula is C22H29N5O4S. The molecule has 0 radical (unpaired) electrons. The molecule has 2 aliphatic rings. The van der Waals surface area contributed by atoms with E-state index in [0.717, 1.165) is 37.4 Å². The third kappa shape index (κ3) is 4.57. The molecule has 4 rings (SSSR count). The molecule has 0 atom stereocenters. The van der Waals surface area contributed by atoms with Crippen LogP contribution in [0.25, 0.3) is 0 Å². The highest BCUT2D eigenvalue weighted by molar-refractivity contribution is 7.89. The Labute approximate surface area is 189 Å². The van der Waals surface area contributed by atoms with Crippen LogP contribution in [0.4, 0.5) is 17.1 Å². The quantitative estimate of drug-likeness (QED) is 0.500. The fraction of sp³-hybridized carbons (Fsp3) is 0.455. The topological polar surface area (TPSA) is 90.2 Å². The summed E-state index contributed by atoms with van der Waals surface area (Å²) in [5.41, 5.74) is 2.65. The number of rotatable bonds is 5. The molecule has 0 aromatic heterocycles. The van der Waals surface area contributed by atoms with Crippen LogP contribution in [-0.4, -0.2) is 82.0 Å². The van der Waals surface area contributed by atoms with E-state index in [2.05, 4.69) is 14.7 Å². The first-order valence-electron chi connectivity index (χ1n) is 10.8. The van der Waals surface area contributed by atoms with Gasteiger partial charge in [-0.25, -0.2) is 8.42 Å². The molecular weight excluding hydrogens is 430 g/mol. The van der Waals surface area contributed by atoms with Crippen molar-refractivity contribution in [1.82, 2.24) is 9.21 Å². The van der Waals surface area contributed by atoms with Crippen molar-refractivity contribution in [3.63, 3.8) is 0 Å². The molecule has 0 bridgehead atoms. The highest BCUT2D eigenvalue weighted by atomic mass is 32.2. The molecule has 172 valence electrons. The number of nitrogens with zero attached hydrogens (tertiary/aromatic N) is 5. The summed E-state index contributed by atoms with van der Waals surface area (Å²) in [6, 6.07) is 12.1. The lowest BCUT2D eigenvalue weighted by Crippen LogP contribution is -2.48. The molecule has 32 heavy (non-hydrogen) atoms. The minimum Gasteiger partial charge on any atom is -0.369 e. The van der Waals surface area contributed by atoms with Gasteiger partial charge in [0.2, 0.25) is 10.0 Å². The van der Waals surface area contributed by atoms with E-state index >= 15 is 0 Å². The molecule has 0 saturated carbocycles. The standard InChI is InChI=1S/C22H29N5O4S/c1-18-3-6-20(7-4-18)32(30,31)26-15-13-24(14-16-26)19-5-8-21(27(28)29)22(17-19)25-11-9-23(2)10-12-25/h3-8,17H,9-16H2,1-2H3. The van der Waals surface area contributed by atoms with Gasteiger partial charge in [0.25, 0.3) is 5.69 Å². The first kappa shape index (κ1) is 22.5. The Balaban J connectivity index is 1.50. The highest BCUT2D eigenvalue weighted by Crippen LogP contribution is 2.34. The fourth-order valence-corrected chi connectivity index (χ4v) is 5.63. The molecule has 0 unspecified atom stereocenters. The summed E-state index contributed by atoms with van der Waals surface area (Å²) >= 11 is 0. The van der Waals surface area contributed by atoms with Gasteiger partial charge < -0.3 is 14.7 Å². The number of benzene rings is 2. The number of nitro groups is 1. The third-order valence-corrected chi connectivity index (χ3v) is 8.18. The zero-order valence-corrected chi connectivity index (χ0v) is 19.3. The van der Waals surface area contributed by atoms with Gasteiger partial charge in [0.1, 0.15) is 5.69 Å². The highest BCUT2D eigenvalue weighted by Gasteiger charge is 2.30. The van der Waals surface area contributed by atoms with E-state index in [0.29, 0.717) is 36.8 Å². The predicted octanol–water partition coefficient (Wildman–Crippen LogP) is 2.17. The molecule has 0 amide bonds. The summed E-state index contributed by atoms with van der Waals surface area (Å²) in [7, 11) is -1.48. The number of piperazine rings is 2. The van der Waals surface area contributed by atoms with Crippen molar-refractivity contribution in [2.24, 2.45) is 0 Å². The maximum atomic E-state index is 13.0. The minimum atomic E-state index is -3.53. The molecule has 2 aliphatic heterocycles. The van der Waals surface area contributed by atoms with Crippen molar-refractivity contribution < 1.29 is 13.3 Å². The van der Waals surface area contributed by atoms with E-state index in [1.807, 2.05) is 20.0 Å². The number of nitro benzene ring substituents is 1. The van der Waals surface area contributed by atoms with Crippen molar-refractivity contribution in [3.05, 3.63) is 58.1 Å². The van der Waals surface area contributed by atoms with Crippen molar-refractivity contribution in [2.45, 2.75) is 11.8 Å². The summed E-state index contributed by atoms with van der Waals surface area (Å²) in [5.74, 6) is 0. The Morgan fingerprint density at radius 3 is 2.03 bits per heavy atom. The monoisotopic (exact) mass is 459 g/mol. The minimum absolute atomic E-state index is 0.110. The number of aryl methyl sites for hydroxylation is 1. The van der Waals surface area contributed by atoms with Gasteiger partial charge in [-0.1, -0.05) is 17.7 Å². The Morgan fingerprint density at radius 1 is 0.844 bits per heavy atom. The van der Waals surface area contributed by atoms with E-state index in [1.165, 1.54) is 4.31 Å². The second kappa shape index (κ2) is 9.05. The summed E-state index contributed by atoms with van der Waals surface area (Å²) < 4.78 is 27.5. The Morgan fingerprint density at radius 2 is 1.44 bits per heavy atom. The second-order valence-corrected chi connectivity index (χ2v) is 10.4. The maximum Gasteiger partial charge on any atom is 0.292 e. The van der Waals surface area contributed by atoms with E-state index in [4.69, 9.17) is 0 Å². The molecule has 0 aliphatic carbocycles. The van der Waals surface area contributed by atoms with Gasteiger partial charge in [-0.3, -0.25) is 10.1 Å². The zero-order chi connectivity index (χ0) is 22.9. The van der Waals surface area contributed by atoms with Crippen LogP contribution in [-0.2, 0) is 10.0 Å². The van der Waals surface area contributed by atoms with Crippen molar-refractivity contribution >= 4 is 27.1 Å². The second-order valence-electron chi connectivity index (χ2n) is 8.42. The van der Waals surface area contributed by atoms with Crippen LogP contribution >= 0.6 is 0 Å². The lowest BCUT2D eigenvalue weighted by Gasteiger charge is -2.37. The number of likely N-dealkylation sites (N-methyl/N-ethyl adjacent to an activating group) is 1. The average molecular weight is 460 g/mol. The molecule has 2 aromatic carbocycles. The van der Waals surface area contributed by atoms with Crippen molar-refractivity contribution in [1.29, 1.82) is 0 Å². The number of sulfonamides is 1. The molecule has 2 fully saturated rings. The van der Waals surface area contributed by atoms with Gasteiger partial charge in [-0.2, -0.15) is 4.31 Å². The van der Waals surface area contributed by atoms with Gasteiger partial charge in [0, 0.05) is 64.1 Å². The summed E-state index contributed by atoms with van der Waals surface area (Å²) in [5, 5.41) is 11.6. The summed E-state index contributed by atoms with van der Waals surface area (Å²) in [4.78, 5) is 18.0. The zero-order valence-electron chi connectivity index (χ0n) is 18.5. The third-order valence-electron chi connectivity index (χ3n) is 6.26. The Kier molecular flexibility index (Phi) is 6.36. The van der Waals surface area contributed by atoms with E-state index < -0.39 is 10.0 Å². The van der Waals surface area contributed by atoms with Crippen molar-refractivity contribution in [3.8, 4) is 0 Å². The molecule has 2 saturated heterocycles. The Bertz CT molecular complexity index is 1070. The lowest BCUT2D eigenvalue weighted by atomic mass is 10.1. The molecule has 9 nitrogen and oxygen atoms in total. The normalized spacial score (nSPS) is 18.7. The van der Waals surface area contributed by atoms with Crippen LogP contribution in [0.5, 0.6) is 0 Å². The predicted molar refractivity (Wildman–Crippen MR) is 125 cm³/mol. The number of hydrogen-bond acceptors (Lipinski definition) is 7. The van der Waals surface area contributed by atoms with Crippen LogP contribution in [0.15, 0.2) is 47.4 Å². The summed E-state index contributed by atoms with van der Waals surface area (Å²) in [6.45, 7) is 6.93. The molecule has 2 heterocycles. The van der Waals surface area contributed by atoms with E-state index in [1.54, 1.807) is 36.4 Å². The van der Waals surface area contributed by atoms with E-state index in [-0.39, 0.29) is 10.6 Å². The molecule has 10 heteroatoms. The van der Waals surface area contributed by atoms with Gasteiger partial charge >= 0.3 is 0 Å². The average Bonchev–Trinajstić information content (AvgIpc) is 2.79. The molecule has 0 spiro atoms. The molecule has 0 N–H and O–H groups in total. The van der Waals surface area contributed by atoms with Gasteiger partial charge in [-0.05, 0) is 38.2 Å². The number of anilines is 2. The first-order valence-corrected chi connectivity index (χ1v) is 12.2. The van der Waals surface area contributed by atoms with Crippen LogP contribution in [0, 0.1) is 17.0 Å². The largest absolute Gasteiger partial charge is 0.369 e. The van der Waals surface area contributed by atoms with E-state index in [9.17, 15) is 18.5 Å². The Hall–Kier alpha value is -2.69. The SMILES string of the molecule is Cc1ccc(S(=O)(=O)N2CCN(c3ccc([N+](=O)[O-])c(N4CCN(C)CC4)c3)CC2)cc1. The van der Waals surface area contributed by atoms with Crippen LogP contribution < -0.4 is 9.80 Å². The van der Waals surface area contributed by atoms with Crippen LogP contribution in [0.2, 0.25) is 0 Å². The molecule has 2 aromatic rings.